The molecule has 3 aromatic heterocycles. The van der Waals surface area contributed by atoms with E-state index in [2.05, 4.69) is 14.9 Å². The summed E-state index contributed by atoms with van der Waals surface area (Å²) in [5.74, 6) is 0.441. The first-order chi connectivity index (χ1) is 14.7. The Balaban J connectivity index is 1.40. The molecule has 0 aromatic carbocycles. The molecule has 1 spiro atoms. The third-order valence-electron chi connectivity index (χ3n) is 6.50. The van der Waals surface area contributed by atoms with E-state index in [1.807, 2.05) is 24.3 Å². The van der Waals surface area contributed by atoms with Crippen molar-refractivity contribution in [3.8, 4) is 21.7 Å². The van der Waals surface area contributed by atoms with Gasteiger partial charge in [0, 0.05) is 42.8 Å². The van der Waals surface area contributed by atoms with Crippen LogP contribution in [0.4, 0.5) is 9.93 Å². The number of amides is 1. The van der Waals surface area contributed by atoms with Crippen LogP contribution in [-0.4, -0.2) is 57.7 Å². The second-order valence-corrected chi connectivity index (χ2v) is 9.19. The van der Waals surface area contributed by atoms with Crippen LogP contribution in [0.3, 0.4) is 0 Å². The van der Waals surface area contributed by atoms with Crippen LogP contribution in [-0.2, 0) is 4.74 Å². The summed E-state index contributed by atoms with van der Waals surface area (Å²) >= 11 is 1.53. The van der Waals surface area contributed by atoms with E-state index in [-0.39, 0.29) is 6.09 Å². The van der Waals surface area contributed by atoms with Gasteiger partial charge in [0.2, 0.25) is 0 Å². The summed E-state index contributed by atoms with van der Waals surface area (Å²) in [6.45, 7) is 3.63. The molecule has 3 aromatic rings. The molecule has 0 N–H and O–H groups in total. The van der Waals surface area contributed by atoms with Crippen LogP contribution in [0.25, 0.3) is 21.7 Å². The Morgan fingerprint density at radius 2 is 1.63 bits per heavy atom. The first-order valence-electron chi connectivity index (χ1n) is 10.3. The summed E-state index contributed by atoms with van der Waals surface area (Å²) in [7, 11) is 0. The average molecular weight is 420 g/mol. The van der Waals surface area contributed by atoms with E-state index in [0.717, 1.165) is 54.2 Å². The highest BCUT2D eigenvalue weighted by atomic mass is 32.1. The first-order valence-corrected chi connectivity index (χ1v) is 11.1. The number of aromatic nitrogens is 3. The maximum Gasteiger partial charge on any atom is 0.416 e. The molecular formula is C22H21N5O2S. The van der Waals surface area contributed by atoms with Crippen LogP contribution in [0.2, 0.25) is 0 Å². The molecule has 0 saturated carbocycles. The standard InChI is InChI=1S/C22H21N5O2S/c28-21-27(14-22(29-21)13-26-11-5-17(22)6-12-26)20-25-18(15-1-7-23-8-2-15)19(30-20)16-3-9-24-10-4-16/h1-4,7-10,17H,5-6,11-14H2. The summed E-state index contributed by atoms with van der Waals surface area (Å²) in [6, 6.07) is 7.83. The quantitative estimate of drug-likeness (QED) is 0.645. The van der Waals surface area contributed by atoms with Crippen molar-refractivity contribution in [2.45, 2.75) is 18.4 Å². The largest absolute Gasteiger partial charge is 0.439 e. The number of carbonyl (C=O) groups is 1. The number of hydrogen-bond acceptors (Lipinski definition) is 7. The summed E-state index contributed by atoms with van der Waals surface area (Å²) in [5.41, 5.74) is 2.47. The minimum absolute atomic E-state index is 0.278. The highest BCUT2D eigenvalue weighted by molar-refractivity contribution is 7.19. The van der Waals surface area contributed by atoms with Crippen molar-refractivity contribution in [1.29, 1.82) is 0 Å². The third kappa shape index (κ3) is 2.82. The number of pyridine rings is 2. The Morgan fingerprint density at radius 1 is 0.967 bits per heavy atom. The van der Waals surface area contributed by atoms with E-state index >= 15 is 0 Å². The zero-order valence-electron chi connectivity index (χ0n) is 16.4. The van der Waals surface area contributed by atoms with Crippen molar-refractivity contribution in [1.82, 2.24) is 19.9 Å². The Hall–Kier alpha value is -2.84. The number of piperidine rings is 3. The number of hydrogen-bond donors (Lipinski definition) is 0. The Kier molecular flexibility index (Phi) is 4.10. The molecule has 7 nitrogen and oxygen atoms in total. The Labute approximate surface area is 178 Å². The van der Waals surface area contributed by atoms with E-state index in [0.29, 0.717) is 17.6 Å². The lowest BCUT2D eigenvalue weighted by Gasteiger charge is -2.49. The van der Waals surface area contributed by atoms with Crippen molar-refractivity contribution in [3.05, 3.63) is 49.1 Å². The van der Waals surface area contributed by atoms with Crippen molar-refractivity contribution < 1.29 is 9.53 Å². The lowest BCUT2D eigenvalue weighted by atomic mass is 9.75. The second-order valence-electron chi connectivity index (χ2n) is 8.22. The zero-order chi connectivity index (χ0) is 20.1. The van der Waals surface area contributed by atoms with Gasteiger partial charge < -0.3 is 4.74 Å². The molecule has 4 aliphatic rings. The van der Waals surface area contributed by atoms with E-state index in [1.54, 1.807) is 29.7 Å². The lowest BCUT2D eigenvalue weighted by molar-refractivity contribution is -0.0881. The molecule has 7 heterocycles. The van der Waals surface area contributed by atoms with Crippen LogP contribution in [0.5, 0.6) is 0 Å². The summed E-state index contributed by atoms with van der Waals surface area (Å²) < 4.78 is 6.04. The number of nitrogens with zero attached hydrogens (tertiary/aromatic N) is 5. The van der Waals surface area contributed by atoms with Crippen LogP contribution in [0.15, 0.2) is 49.1 Å². The van der Waals surface area contributed by atoms with Gasteiger partial charge in [-0.1, -0.05) is 11.3 Å². The van der Waals surface area contributed by atoms with Gasteiger partial charge in [0.05, 0.1) is 17.1 Å². The molecule has 1 amide bonds. The maximum absolute atomic E-state index is 12.9. The van der Waals surface area contributed by atoms with Gasteiger partial charge >= 0.3 is 6.09 Å². The van der Waals surface area contributed by atoms with Crippen LogP contribution >= 0.6 is 11.3 Å². The number of fused-ring (bicyclic) bond motifs is 2. The third-order valence-corrected chi connectivity index (χ3v) is 7.63. The molecule has 4 saturated heterocycles. The van der Waals surface area contributed by atoms with Crippen LogP contribution in [0.1, 0.15) is 12.8 Å². The monoisotopic (exact) mass is 419 g/mol. The Morgan fingerprint density at radius 3 is 2.27 bits per heavy atom. The van der Waals surface area contributed by atoms with Crippen molar-refractivity contribution in [2.75, 3.05) is 31.1 Å². The van der Waals surface area contributed by atoms with Crippen LogP contribution < -0.4 is 4.90 Å². The molecule has 2 bridgehead atoms. The number of anilines is 1. The Bertz CT molecular complexity index is 1020. The van der Waals surface area contributed by atoms with Crippen molar-refractivity contribution in [3.63, 3.8) is 0 Å². The predicted molar refractivity (Wildman–Crippen MR) is 114 cm³/mol. The van der Waals surface area contributed by atoms with E-state index in [9.17, 15) is 4.79 Å². The normalized spacial score (nSPS) is 27.6. The second kappa shape index (κ2) is 6.85. The SMILES string of the molecule is O=C1OC2(CN3CCC2CC3)CN1c1nc(-c2ccncc2)c(-c2ccncc2)s1. The molecule has 0 aliphatic carbocycles. The average Bonchev–Trinajstić information content (AvgIpc) is 3.37. The summed E-state index contributed by atoms with van der Waals surface area (Å²) in [4.78, 5) is 31.3. The van der Waals surface area contributed by atoms with Gasteiger partial charge in [0.1, 0.15) is 5.60 Å². The van der Waals surface area contributed by atoms with Crippen molar-refractivity contribution >= 4 is 22.6 Å². The minimum Gasteiger partial charge on any atom is -0.439 e. The number of rotatable bonds is 3. The molecule has 7 rings (SSSR count). The van der Waals surface area contributed by atoms with Gasteiger partial charge in [-0.2, -0.15) is 0 Å². The van der Waals surface area contributed by atoms with E-state index < -0.39 is 5.60 Å². The highest BCUT2D eigenvalue weighted by Gasteiger charge is 2.56. The molecule has 1 atom stereocenters. The number of thiazole rings is 1. The lowest BCUT2D eigenvalue weighted by Crippen LogP contribution is -2.61. The fourth-order valence-corrected chi connectivity index (χ4v) is 6.07. The summed E-state index contributed by atoms with van der Waals surface area (Å²) in [5, 5.41) is 0.687. The van der Waals surface area contributed by atoms with Gasteiger partial charge in [0.15, 0.2) is 5.13 Å². The number of carbonyl (C=O) groups excluding carboxylic acids is 1. The number of ether oxygens (including phenoxy) is 1. The maximum atomic E-state index is 12.9. The highest BCUT2D eigenvalue weighted by Crippen LogP contribution is 2.46. The van der Waals surface area contributed by atoms with Gasteiger partial charge in [0.25, 0.3) is 0 Å². The van der Waals surface area contributed by atoms with E-state index in [4.69, 9.17) is 9.72 Å². The van der Waals surface area contributed by atoms with Gasteiger partial charge in [-0.25, -0.2) is 14.7 Å². The first kappa shape index (κ1) is 18.0. The minimum atomic E-state index is -0.396. The molecule has 4 aliphatic heterocycles. The molecule has 4 fully saturated rings. The smallest absolute Gasteiger partial charge is 0.416 e. The zero-order valence-corrected chi connectivity index (χ0v) is 17.2. The summed E-state index contributed by atoms with van der Waals surface area (Å²) in [6.07, 6.45) is 9.00. The molecule has 1 unspecified atom stereocenters. The molecule has 152 valence electrons. The van der Waals surface area contributed by atoms with E-state index in [1.165, 1.54) is 11.3 Å². The topological polar surface area (TPSA) is 71.5 Å². The fourth-order valence-electron chi connectivity index (χ4n) is 4.99. The fraction of sp³-hybridized carbons (Fsp3) is 0.364. The van der Waals surface area contributed by atoms with Crippen molar-refractivity contribution in [2.24, 2.45) is 5.92 Å². The predicted octanol–water partition coefficient (Wildman–Crippen LogP) is 3.69. The molecule has 8 heteroatoms. The molecular weight excluding hydrogens is 398 g/mol. The molecule has 0 radical (unpaired) electrons. The molecule has 30 heavy (non-hydrogen) atoms. The van der Waals surface area contributed by atoms with Gasteiger partial charge in [-0.05, 0) is 55.8 Å². The van der Waals surface area contributed by atoms with Gasteiger partial charge in [-0.3, -0.25) is 14.9 Å². The van der Waals surface area contributed by atoms with Gasteiger partial charge in [-0.15, -0.1) is 0 Å². The van der Waals surface area contributed by atoms with Crippen LogP contribution in [0, 0.1) is 5.92 Å².